The van der Waals surface area contributed by atoms with Crippen LogP contribution in [0.4, 0.5) is 8.78 Å². The zero-order chi connectivity index (χ0) is 15.3. The van der Waals surface area contributed by atoms with Crippen molar-refractivity contribution in [3.63, 3.8) is 0 Å². The molecule has 1 unspecified atom stereocenters. The van der Waals surface area contributed by atoms with E-state index in [1.54, 1.807) is 13.8 Å². The number of aliphatic hydroxyl groups excluding tert-OH is 1. The van der Waals surface area contributed by atoms with Gasteiger partial charge in [-0.05, 0) is 37.6 Å². The van der Waals surface area contributed by atoms with Crippen molar-refractivity contribution < 1.29 is 27.0 Å². The van der Waals surface area contributed by atoms with E-state index in [1.807, 2.05) is 4.72 Å². The Morgan fingerprint density at radius 3 is 2.55 bits per heavy atom. The van der Waals surface area contributed by atoms with E-state index in [1.165, 1.54) is 18.2 Å². The lowest BCUT2D eigenvalue weighted by Crippen LogP contribution is -2.35. The molecule has 1 atom stereocenters. The number of alkyl halides is 2. The van der Waals surface area contributed by atoms with Crippen molar-refractivity contribution >= 4 is 10.0 Å². The number of ether oxygens (including phenoxy) is 1. The summed E-state index contributed by atoms with van der Waals surface area (Å²) in [6, 6.07) is 4.19. The van der Waals surface area contributed by atoms with Gasteiger partial charge in [-0.25, -0.2) is 21.9 Å². The Balaban J connectivity index is 2.85. The second-order valence-corrected chi connectivity index (χ2v) is 5.88. The number of hydrogen-bond acceptors (Lipinski definition) is 4. The zero-order valence-electron chi connectivity index (χ0n) is 11.1. The van der Waals surface area contributed by atoms with Gasteiger partial charge in [-0.2, -0.15) is 0 Å². The first-order valence-corrected chi connectivity index (χ1v) is 7.45. The quantitative estimate of drug-likeness (QED) is 0.796. The summed E-state index contributed by atoms with van der Waals surface area (Å²) in [4.78, 5) is -0.0695. The van der Waals surface area contributed by atoms with Crippen LogP contribution in [-0.2, 0) is 10.0 Å². The maximum Gasteiger partial charge on any atom is 0.265 e. The van der Waals surface area contributed by atoms with Gasteiger partial charge in [0, 0.05) is 6.54 Å². The fourth-order valence-corrected chi connectivity index (χ4v) is 2.61. The Labute approximate surface area is 116 Å². The van der Waals surface area contributed by atoms with Crippen molar-refractivity contribution in [1.29, 1.82) is 0 Å². The molecule has 0 radical (unpaired) electrons. The summed E-state index contributed by atoms with van der Waals surface area (Å²) in [5.74, 6) is 0.555. The maximum atomic E-state index is 12.1. The van der Waals surface area contributed by atoms with Gasteiger partial charge in [-0.1, -0.05) is 0 Å². The normalized spacial score (nSPS) is 13.5. The third kappa shape index (κ3) is 4.39. The number of aliphatic hydroxyl groups is 1. The van der Waals surface area contributed by atoms with Crippen LogP contribution in [0.15, 0.2) is 23.1 Å². The molecule has 0 aromatic heterocycles. The van der Waals surface area contributed by atoms with Crippen LogP contribution in [0.2, 0.25) is 0 Å². The lowest BCUT2D eigenvalue weighted by atomic mass is 10.2. The third-order valence-corrected chi connectivity index (χ3v) is 3.95. The van der Waals surface area contributed by atoms with E-state index in [0.29, 0.717) is 17.9 Å². The second kappa shape index (κ2) is 6.96. The van der Waals surface area contributed by atoms with E-state index in [9.17, 15) is 17.2 Å². The number of aryl methyl sites for hydroxylation is 1. The molecule has 0 spiro atoms. The monoisotopic (exact) mass is 309 g/mol. The summed E-state index contributed by atoms with van der Waals surface area (Å²) in [6.07, 6.45) is -5.03. The molecule has 1 rings (SSSR count). The molecule has 0 saturated carbocycles. The molecule has 0 heterocycles. The van der Waals surface area contributed by atoms with Crippen molar-refractivity contribution in [3.8, 4) is 5.75 Å². The Hall–Kier alpha value is -1.25. The Bertz CT molecular complexity index is 548. The first-order valence-electron chi connectivity index (χ1n) is 5.97. The lowest BCUT2D eigenvalue weighted by molar-refractivity contribution is -0.000451. The topological polar surface area (TPSA) is 75.6 Å². The highest BCUT2D eigenvalue weighted by molar-refractivity contribution is 7.89. The minimum absolute atomic E-state index is 0.0695. The largest absolute Gasteiger partial charge is 0.494 e. The van der Waals surface area contributed by atoms with Crippen LogP contribution in [0.3, 0.4) is 0 Å². The highest BCUT2D eigenvalue weighted by Gasteiger charge is 2.21. The molecule has 2 N–H and O–H groups in total. The molecule has 0 aliphatic heterocycles. The fourth-order valence-electron chi connectivity index (χ4n) is 1.47. The SMILES string of the molecule is CCOc1ccc(S(=O)(=O)NCC(O)C(F)F)cc1C. The van der Waals surface area contributed by atoms with Crippen molar-refractivity contribution in [2.24, 2.45) is 0 Å². The van der Waals surface area contributed by atoms with Gasteiger partial charge in [-0.15, -0.1) is 0 Å². The highest BCUT2D eigenvalue weighted by atomic mass is 32.2. The van der Waals surface area contributed by atoms with E-state index in [0.717, 1.165) is 0 Å². The average Bonchev–Trinajstić information content (AvgIpc) is 2.38. The number of sulfonamides is 1. The Morgan fingerprint density at radius 2 is 2.05 bits per heavy atom. The Morgan fingerprint density at radius 1 is 1.40 bits per heavy atom. The zero-order valence-corrected chi connectivity index (χ0v) is 12.0. The van der Waals surface area contributed by atoms with Gasteiger partial charge in [0.15, 0.2) is 0 Å². The first-order chi connectivity index (χ1) is 9.27. The van der Waals surface area contributed by atoms with Crippen LogP contribution < -0.4 is 9.46 Å². The minimum atomic E-state index is -3.94. The first kappa shape index (κ1) is 16.8. The average molecular weight is 309 g/mol. The molecule has 5 nitrogen and oxygen atoms in total. The summed E-state index contributed by atoms with van der Waals surface area (Å²) < 4.78 is 55.2. The standard InChI is InChI=1S/C12H17F2NO4S/c1-3-19-11-5-4-9(6-8(11)2)20(17,18)15-7-10(16)12(13)14/h4-6,10,12,15-16H,3,7H2,1-2H3. The molecule has 0 saturated heterocycles. The van der Waals surface area contributed by atoms with Crippen LogP contribution in [-0.4, -0.2) is 39.2 Å². The molecule has 1 aromatic carbocycles. The Kier molecular flexibility index (Phi) is 5.85. The minimum Gasteiger partial charge on any atom is -0.494 e. The molecule has 0 bridgehead atoms. The molecule has 114 valence electrons. The predicted molar refractivity (Wildman–Crippen MR) is 69.5 cm³/mol. The van der Waals surface area contributed by atoms with Gasteiger partial charge >= 0.3 is 0 Å². The molecule has 0 aliphatic carbocycles. The molecule has 8 heteroatoms. The van der Waals surface area contributed by atoms with Crippen LogP contribution in [0.5, 0.6) is 5.75 Å². The molecule has 0 aliphatic rings. The van der Waals surface area contributed by atoms with Crippen LogP contribution in [0.1, 0.15) is 12.5 Å². The summed E-state index contributed by atoms with van der Waals surface area (Å²) >= 11 is 0. The predicted octanol–water partition coefficient (Wildman–Crippen LogP) is 1.30. The number of halogens is 2. The maximum absolute atomic E-state index is 12.1. The lowest BCUT2D eigenvalue weighted by Gasteiger charge is -2.13. The molecular formula is C12H17F2NO4S. The van der Waals surface area contributed by atoms with Crippen LogP contribution in [0, 0.1) is 6.92 Å². The van der Waals surface area contributed by atoms with E-state index >= 15 is 0 Å². The van der Waals surface area contributed by atoms with Gasteiger partial charge in [0.25, 0.3) is 6.43 Å². The summed E-state index contributed by atoms with van der Waals surface area (Å²) in [7, 11) is -3.94. The highest BCUT2D eigenvalue weighted by Crippen LogP contribution is 2.21. The smallest absolute Gasteiger partial charge is 0.265 e. The summed E-state index contributed by atoms with van der Waals surface area (Å²) in [5.41, 5.74) is 0.615. The number of rotatable bonds is 7. The second-order valence-electron chi connectivity index (χ2n) is 4.11. The van der Waals surface area contributed by atoms with E-state index < -0.39 is 29.1 Å². The van der Waals surface area contributed by atoms with Gasteiger partial charge in [0.05, 0.1) is 11.5 Å². The molecular weight excluding hydrogens is 292 g/mol. The molecule has 1 aromatic rings. The third-order valence-electron chi connectivity index (χ3n) is 2.53. The van der Waals surface area contributed by atoms with Gasteiger partial charge < -0.3 is 9.84 Å². The van der Waals surface area contributed by atoms with Crippen molar-refractivity contribution in [2.75, 3.05) is 13.2 Å². The van der Waals surface area contributed by atoms with Crippen molar-refractivity contribution in [1.82, 2.24) is 4.72 Å². The van der Waals surface area contributed by atoms with Gasteiger partial charge in [0.2, 0.25) is 10.0 Å². The fraction of sp³-hybridized carbons (Fsp3) is 0.500. The van der Waals surface area contributed by atoms with Crippen LogP contribution in [0.25, 0.3) is 0 Å². The summed E-state index contributed by atoms with van der Waals surface area (Å²) in [5, 5.41) is 8.91. The van der Waals surface area contributed by atoms with Crippen LogP contribution >= 0.6 is 0 Å². The number of nitrogens with one attached hydrogen (secondary N) is 1. The van der Waals surface area contributed by atoms with Crippen molar-refractivity contribution in [3.05, 3.63) is 23.8 Å². The number of benzene rings is 1. The molecule has 0 amide bonds. The summed E-state index contributed by atoms with van der Waals surface area (Å²) in [6.45, 7) is 3.19. The molecule has 20 heavy (non-hydrogen) atoms. The van der Waals surface area contributed by atoms with E-state index in [4.69, 9.17) is 9.84 Å². The van der Waals surface area contributed by atoms with E-state index in [-0.39, 0.29) is 4.90 Å². The molecule has 0 fully saturated rings. The number of hydrogen-bond donors (Lipinski definition) is 2. The van der Waals surface area contributed by atoms with Gasteiger partial charge in [0.1, 0.15) is 11.9 Å². The van der Waals surface area contributed by atoms with Gasteiger partial charge in [-0.3, -0.25) is 0 Å². The van der Waals surface area contributed by atoms with E-state index in [2.05, 4.69) is 0 Å². The van der Waals surface area contributed by atoms with Crippen molar-refractivity contribution in [2.45, 2.75) is 31.3 Å².